The topological polar surface area (TPSA) is 6.48 Å². The Balaban J connectivity index is 1.22. The van der Waals surface area contributed by atoms with Crippen LogP contribution in [0.15, 0.2) is 182 Å². The maximum atomic E-state index is 3.65. The van der Waals surface area contributed by atoms with Gasteiger partial charge in [0.2, 0.25) is 0 Å². The van der Waals surface area contributed by atoms with E-state index in [1.54, 1.807) is 0 Å². The van der Waals surface area contributed by atoms with Gasteiger partial charge in [-0.15, -0.1) is 0 Å². The molecule has 0 radical (unpaired) electrons. The number of rotatable bonds is 8. The molecule has 2 nitrogen and oxygen atoms in total. The Bertz CT molecular complexity index is 2770. The molecule has 4 heteroatoms. The van der Waals surface area contributed by atoms with Gasteiger partial charge in [-0.1, -0.05) is 153 Å². The molecule has 10 rings (SSSR count). The summed E-state index contributed by atoms with van der Waals surface area (Å²) < 4.78 is 0. The van der Waals surface area contributed by atoms with E-state index in [9.17, 15) is 0 Å². The van der Waals surface area contributed by atoms with E-state index >= 15 is 0 Å². The molecule has 0 atom stereocenters. The first-order valence-electron chi connectivity index (χ1n) is 18.2. The fourth-order valence-electron chi connectivity index (χ4n) is 8.11. The van der Waals surface area contributed by atoms with Crippen molar-refractivity contribution in [2.45, 2.75) is 10.7 Å². The molecular formula is C50H34Br2N2. The van der Waals surface area contributed by atoms with E-state index in [0.717, 1.165) is 44.8 Å². The smallest absolute Gasteiger partial charge is 0.0540 e. The van der Waals surface area contributed by atoms with Crippen LogP contribution in [0.5, 0.6) is 0 Å². The van der Waals surface area contributed by atoms with Gasteiger partial charge in [0.15, 0.2) is 0 Å². The van der Waals surface area contributed by atoms with Gasteiger partial charge in [0.25, 0.3) is 0 Å². The Morgan fingerprint density at radius 1 is 0.315 bits per heavy atom. The molecule has 10 aromatic rings. The molecule has 0 amide bonds. The Morgan fingerprint density at radius 2 is 0.667 bits per heavy atom. The number of fused-ring (bicyclic) bond motifs is 2. The predicted molar refractivity (Wildman–Crippen MR) is 240 cm³/mol. The van der Waals surface area contributed by atoms with Crippen molar-refractivity contribution in [1.82, 2.24) is 0 Å². The van der Waals surface area contributed by atoms with Crippen LogP contribution in [0.3, 0.4) is 0 Å². The number of halogens is 2. The molecule has 0 saturated heterocycles. The zero-order valence-corrected chi connectivity index (χ0v) is 32.6. The van der Waals surface area contributed by atoms with E-state index in [4.69, 9.17) is 0 Å². The van der Waals surface area contributed by atoms with E-state index in [1.807, 2.05) is 0 Å². The van der Waals surface area contributed by atoms with Crippen LogP contribution in [0.1, 0.15) is 11.1 Å². The van der Waals surface area contributed by atoms with Crippen molar-refractivity contribution < 1.29 is 0 Å². The summed E-state index contributed by atoms with van der Waals surface area (Å²) in [4.78, 5) is 4.84. The molecule has 0 fully saturated rings. The summed E-state index contributed by atoms with van der Waals surface area (Å²) in [5.74, 6) is 0. The molecule has 0 aliphatic rings. The SMILES string of the molecule is BrCc1ccc(N(c2ccc3ccccc3c2)c2ccc3ccc4c(N(c5ccc(CBr)cc5)c5ccc6ccccc6c5)ccc5ccc2c3c54)cc1. The zero-order valence-electron chi connectivity index (χ0n) is 29.4. The molecule has 0 heterocycles. The number of anilines is 6. The first-order chi connectivity index (χ1) is 26.7. The lowest BCUT2D eigenvalue weighted by Gasteiger charge is -2.29. The van der Waals surface area contributed by atoms with E-state index in [2.05, 4.69) is 224 Å². The Kier molecular flexibility index (Phi) is 8.31. The predicted octanol–water partition coefficient (Wildman–Crippen LogP) is 15.6. The number of benzene rings is 10. The number of nitrogens with zero attached hydrogens (tertiary/aromatic N) is 2. The largest absolute Gasteiger partial charge is 0.310 e. The highest BCUT2D eigenvalue weighted by Gasteiger charge is 2.22. The highest BCUT2D eigenvalue weighted by Crippen LogP contribution is 2.48. The van der Waals surface area contributed by atoms with Crippen LogP contribution in [-0.2, 0) is 10.7 Å². The molecule has 0 aliphatic heterocycles. The standard InChI is InChI=1S/C50H34Br2N2/c51-31-33-9-19-41(20-10-33)53(43-23-13-35-5-1-3-7-39(35)29-43)47-27-17-37-16-26-46-48(28-18-38-15-25-45(47)49(37)50(38)46)54(42-21-11-34(32-52)12-22-42)44-24-14-36-6-2-4-8-40(36)30-44/h1-30H,31-32H2. The molecule has 0 spiro atoms. The lowest BCUT2D eigenvalue weighted by atomic mass is 9.91. The average molecular weight is 823 g/mol. The summed E-state index contributed by atoms with van der Waals surface area (Å²) in [5, 5.41) is 14.0. The van der Waals surface area contributed by atoms with Gasteiger partial charge >= 0.3 is 0 Å². The fourth-order valence-corrected chi connectivity index (χ4v) is 8.86. The molecule has 0 aliphatic carbocycles. The Labute approximate surface area is 331 Å². The van der Waals surface area contributed by atoms with E-state index in [0.29, 0.717) is 0 Å². The summed E-state index contributed by atoms with van der Waals surface area (Å²) >= 11 is 7.30. The third kappa shape index (κ3) is 5.60. The minimum atomic E-state index is 0.821. The minimum absolute atomic E-state index is 0.821. The van der Waals surface area contributed by atoms with Crippen molar-refractivity contribution >= 4 is 120 Å². The highest BCUT2D eigenvalue weighted by atomic mass is 79.9. The first-order valence-corrected chi connectivity index (χ1v) is 20.5. The molecule has 0 aromatic heterocycles. The lowest BCUT2D eigenvalue weighted by Crippen LogP contribution is -2.11. The van der Waals surface area contributed by atoms with E-state index in [1.165, 1.54) is 65.0 Å². The normalized spacial score (nSPS) is 11.7. The van der Waals surface area contributed by atoms with Crippen molar-refractivity contribution in [3.05, 3.63) is 193 Å². The molecule has 0 saturated carbocycles. The zero-order chi connectivity index (χ0) is 36.2. The van der Waals surface area contributed by atoms with E-state index < -0.39 is 0 Å². The molecular weight excluding hydrogens is 788 g/mol. The van der Waals surface area contributed by atoms with E-state index in [-0.39, 0.29) is 0 Å². The van der Waals surface area contributed by atoms with Crippen molar-refractivity contribution in [2.75, 3.05) is 9.80 Å². The van der Waals surface area contributed by atoms with Crippen LogP contribution in [0.25, 0.3) is 53.9 Å². The van der Waals surface area contributed by atoms with Gasteiger partial charge in [-0.2, -0.15) is 0 Å². The second-order valence-corrected chi connectivity index (χ2v) is 15.0. The maximum Gasteiger partial charge on any atom is 0.0540 e. The summed E-state index contributed by atoms with van der Waals surface area (Å²) in [6.45, 7) is 0. The van der Waals surface area contributed by atoms with Crippen LogP contribution in [0.2, 0.25) is 0 Å². The third-order valence-corrected chi connectivity index (χ3v) is 12.1. The van der Waals surface area contributed by atoms with Gasteiger partial charge < -0.3 is 9.80 Å². The highest BCUT2D eigenvalue weighted by molar-refractivity contribution is 9.08. The van der Waals surface area contributed by atoms with Crippen molar-refractivity contribution in [3.63, 3.8) is 0 Å². The summed E-state index contributed by atoms with van der Waals surface area (Å²) in [5.41, 5.74) is 9.31. The maximum absolute atomic E-state index is 3.65. The number of hydrogen-bond donors (Lipinski definition) is 0. The van der Waals surface area contributed by atoms with Crippen LogP contribution in [0.4, 0.5) is 34.1 Å². The number of alkyl halides is 2. The molecule has 0 unspecified atom stereocenters. The molecule has 54 heavy (non-hydrogen) atoms. The van der Waals surface area contributed by atoms with Crippen molar-refractivity contribution in [3.8, 4) is 0 Å². The lowest BCUT2D eigenvalue weighted by molar-refractivity contribution is 1.29. The Morgan fingerprint density at radius 3 is 1.07 bits per heavy atom. The monoisotopic (exact) mass is 820 g/mol. The molecule has 0 N–H and O–H groups in total. The van der Waals surface area contributed by atoms with Crippen LogP contribution < -0.4 is 9.80 Å². The second kappa shape index (κ2) is 13.6. The van der Waals surface area contributed by atoms with Crippen molar-refractivity contribution in [2.24, 2.45) is 0 Å². The van der Waals surface area contributed by atoms with Crippen molar-refractivity contribution in [1.29, 1.82) is 0 Å². The molecule has 10 aromatic carbocycles. The summed E-state index contributed by atoms with van der Waals surface area (Å²) in [7, 11) is 0. The van der Waals surface area contributed by atoms with Crippen LogP contribution >= 0.6 is 31.9 Å². The summed E-state index contributed by atoms with van der Waals surface area (Å²) in [6.07, 6.45) is 0. The van der Waals surface area contributed by atoms with Gasteiger partial charge in [-0.25, -0.2) is 0 Å². The minimum Gasteiger partial charge on any atom is -0.310 e. The summed E-state index contributed by atoms with van der Waals surface area (Å²) in [6, 6.07) is 67.0. The van der Waals surface area contributed by atoms with Crippen LogP contribution in [-0.4, -0.2) is 0 Å². The quantitative estimate of drug-likeness (QED) is 0.111. The molecule has 258 valence electrons. The number of hydrogen-bond acceptors (Lipinski definition) is 2. The first kappa shape index (κ1) is 32.9. The van der Waals surface area contributed by atoms with Gasteiger partial charge in [0, 0.05) is 44.2 Å². The van der Waals surface area contributed by atoms with Gasteiger partial charge in [-0.05, 0) is 115 Å². The average Bonchev–Trinajstić information content (AvgIpc) is 3.24. The second-order valence-electron chi connectivity index (χ2n) is 13.9. The van der Waals surface area contributed by atoms with Gasteiger partial charge in [0.05, 0.1) is 11.4 Å². The van der Waals surface area contributed by atoms with Gasteiger partial charge in [0.1, 0.15) is 0 Å². The fraction of sp³-hybridized carbons (Fsp3) is 0.0400. The van der Waals surface area contributed by atoms with Crippen LogP contribution in [0, 0.1) is 0 Å². The molecule has 0 bridgehead atoms. The third-order valence-electron chi connectivity index (χ3n) is 10.8. The Hall–Kier alpha value is -5.68. The van der Waals surface area contributed by atoms with Gasteiger partial charge in [-0.3, -0.25) is 0 Å².